The molecule has 1 heterocycles. The molecular formula is C24H26BrNO4. The molecule has 0 radical (unpaired) electrons. The number of hydrogen-bond donors (Lipinski definition) is 1. The van der Waals surface area contributed by atoms with Gasteiger partial charge in [-0.25, -0.2) is 4.98 Å². The molecule has 1 atom stereocenters. The number of benzene rings is 2. The summed E-state index contributed by atoms with van der Waals surface area (Å²) in [5, 5.41) is 8.89. The highest BCUT2D eigenvalue weighted by Crippen LogP contribution is 2.33. The molecule has 6 heteroatoms. The summed E-state index contributed by atoms with van der Waals surface area (Å²) in [4.78, 5) is 15.5. The molecule has 0 saturated heterocycles. The molecule has 5 nitrogen and oxygen atoms in total. The Kier molecular flexibility index (Phi) is 6.98. The molecule has 1 aromatic heterocycles. The van der Waals surface area contributed by atoms with Crippen LogP contribution in [0.5, 0.6) is 5.75 Å². The third-order valence-corrected chi connectivity index (χ3v) is 5.45. The van der Waals surface area contributed by atoms with Gasteiger partial charge in [-0.3, -0.25) is 4.79 Å². The van der Waals surface area contributed by atoms with Gasteiger partial charge in [0, 0.05) is 16.5 Å². The van der Waals surface area contributed by atoms with Crippen molar-refractivity contribution >= 4 is 21.9 Å². The van der Waals surface area contributed by atoms with E-state index < -0.39 is 5.97 Å². The number of rotatable bonds is 8. The molecular weight excluding hydrogens is 446 g/mol. The first-order chi connectivity index (χ1) is 14.2. The molecule has 0 amide bonds. The number of aliphatic carboxylic acids is 1. The molecule has 0 fully saturated rings. The minimum atomic E-state index is -0.795. The second-order valence-electron chi connectivity index (χ2n) is 7.67. The smallest absolute Gasteiger partial charge is 0.303 e. The van der Waals surface area contributed by atoms with Gasteiger partial charge in [0.25, 0.3) is 0 Å². The quantitative estimate of drug-likeness (QED) is 0.395. The lowest BCUT2D eigenvalue weighted by molar-refractivity contribution is -0.136. The zero-order valence-electron chi connectivity index (χ0n) is 17.6. The van der Waals surface area contributed by atoms with Crippen molar-refractivity contribution in [3.63, 3.8) is 0 Å². The number of hydrogen-bond acceptors (Lipinski definition) is 4. The summed E-state index contributed by atoms with van der Waals surface area (Å²) in [5.41, 5.74) is 3.82. The van der Waals surface area contributed by atoms with Gasteiger partial charge in [-0.2, -0.15) is 0 Å². The summed E-state index contributed by atoms with van der Waals surface area (Å²) < 4.78 is 13.3. The van der Waals surface area contributed by atoms with Crippen LogP contribution < -0.4 is 4.74 Å². The van der Waals surface area contributed by atoms with Gasteiger partial charge < -0.3 is 14.3 Å². The number of carbonyl (C=O) groups is 1. The Hall–Kier alpha value is -2.60. The van der Waals surface area contributed by atoms with E-state index in [1.807, 2.05) is 56.3 Å². The number of aromatic nitrogens is 1. The molecule has 0 spiro atoms. The average molecular weight is 472 g/mol. The van der Waals surface area contributed by atoms with E-state index in [2.05, 4.69) is 29.8 Å². The highest BCUT2D eigenvalue weighted by Gasteiger charge is 2.23. The fourth-order valence-electron chi connectivity index (χ4n) is 3.29. The molecule has 158 valence electrons. The summed E-state index contributed by atoms with van der Waals surface area (Å²) in [6.07, 6.45) is 0.308. The second kappa shape index (κ2) is 9.47. The van der Waals surface area contributed by atoms with Crippen LogP contribution in [0.2, 0.25) is 0 Å². The second-order valence-corrected chi connectivity index (χ2v) is 8.59. The van der Waals surface area contributed by atoms with E-state index >= 15 is 0 Å². The van der Waals surface area contributed by atoms with E-state index in [9.17, 15) is 4.79 Å². The number of carboxylic acids is 1. The number of aryl methyl sites for hydroxylation is 2. The van der Waals surface area contributed by atoms with Gasteiger partial charge in [-0.05, 0) is 73.7 Å². The molecule has 0 aliphatic heterocycles. The van der Waals surface area contributed by atoms with E-state index in [4.69, 9.17) is 19.2 Å². The van der Waals surface area contributed by atoms with Crippen LogP contribution in [0.1, 0.15) is 61.8 Å². The maximum absolute atomic E-state index is 10.8. The van der Waals surface area contributed by atoms with Crippen molar-refractivity contribution in [1.29, 1.82) is 0 Å². The zero-order chi connectivity index (χ0) is 21.8. The Bertz CT molecular complexity index is 1020. The standard InChI is InChI=1S/C24H26BrNO4/c1-14(2)22-23(30-24(26-22)18-5-9-19(25)10-6-18)16(4)29-20-11-7-17(15(3)13-20)8-12-21(27)28/h5-7,9-11,13-14,16H,8,12H2,1-4H3,(H,27,28). The summed E-state index contributed by atoms with van der Waals surface area (Å²) in [6, 6.07) is 13.6. The predicted molar refractivity (Wildman–Crippen MR) is 120 cm³/mol. The van der Waals surface area contributed by atoms with Crippen molar-refractivity contribution in [3.8, 4) is 17.2 Å². The Balaban J connectivity index is 1.82. The largest absolute Gasteiger partial charge is 0.483 e. The number of oxazole rings is 1. The molecule has 1 unspecified atom stereocenters. The molecule has 3 rings (SSSR count). The van der Waals surface area contributed by atoms with E-state index in [-0.39, 0.29) is 18.4 Å². The minimum Gasteiger partial charge on any atom is -0.483 e. The number of nitrogens with zero attached hydrogens (tertiary/aromatic N) is 1. The third-order valence-electron chi connectivity index (χ3n) is 4.92. The zero-order valence-corrected chi connectivity index (χ0v) is 19.2. The first kappa shape index (κ1) is 22.1. The van der Waals surface area contributed by atoms with Crippen LogP contribution in [0.15, 0.2) is 51.4 Å². The van der Waals surface area contributed by atoms with Crippen LogP contribution in [-0.2, 0) is 11.2 Å². The SMILES string of the molecule is Cc1cc(OC(C)c2oc(-c3ccc(Br)cc3)nc2C(C)C)ccc1CCC(=O)O. The number of halogens is 1. The van der Waals surface area contributed by atoms with Crippen LogP contribution in [0.25, 0.3) is 11.5 Å². The summed E-state index contributed by atoms with van der Waals surface area (Å²) >= 11 is 3.45. The maximum atomic E-state index is 10.8. The van der Waals surface area contributed by atoms with Gasteiger partial charge in [0.05, 0.1) is 5.69 Å². The molecule has 2 aromatic carbocycles. The Morgan fingerprint density at radius 1 is 1.17 bits per heavy atom. The van der Waals surface area contributed by atoms with E-state index in [1.165, 1.54) is 0 Å². The van der Waals surface area contributed by atoms with Gasteiger partial charge in [-0.15, -0.1) is 0 Å². The lowest BCUT2D eigenvalue weighted by Gasteiger charge is -2.16. The third kappa shape index (κ3) is 5.30. The van der Waals surface area contributed by atoms with E-state index in [0.717, 1.165) is 38.4 Å². The lowest BCUT2D eigenvalue weighted by Crippen LogP contribution is -2.06. The van der Waals surface area contributed by atoms with Gasteiger partial charge in [-0.1, -0.05) is 35.8 Å². The molecule has 0 saturated carbocycles. The maximum Gasteiger partial charge on any atom is 0.303 e. The topological polar surface area (TPSA) is 72.6 Å². The fourth-order valence-corrected chi connectivity index (χ4v) is 3.55. The van der Waals surface area contributed by atoms with Crippen LogP contribution in [0, 0.1) is 6.92 Å². The Morgan fingerprint density at radius 3 is 2.47 bits per heavy atom. The van der Waals surface area contributed by atoms with Crippen molar-refractivity contribution in [3.05, 3.63) is 69.5 Å². The fraction of sp³-hybridized carbons (Fsp3) is 0.333. The van der Waals surface area contributed by atoms with Gasteiger partial charge >= 0.3 is 5.97 Å². The molecule has 0 aliphatic carbocycles. The van der Waals surface area contributed by atoms with Gasteiger partial charge in [0.15, 0.2) is 11.9 Å². The van der Waals surface area contributed by atoms with Gasteiger partial charge in [0.2, 0.25) is 5.89 Å². The van der Waals surface area contributed by atoms with Gasteiger partial charge in [0.1, 0.15) is 5.75 Å². The monoisotopic (exact) mass is 471 g/mol. The molecule has 0 aliphatic rings. The van der Waals surface area contributed by atoms with E-state index in [0.29, 0.717) is 12.3 Å². The van der Waals surface area contributed by atoms with Crippen molar-refractivity contribution in [2.45, 2.75) is 52.6 Å². The Labute approximate surface area is 185 Å². The number of ether oxygens (including phenoxy) is 1. The predicted octanol–water partition coefficient (Wildman–Crippen LogP) is 6.69. The Morgan fingerprint density at radius 2 is 1.87 bits per heavy atom. The summed E-state index contributed by atoms with van der Waals surface area (Å²) in [7, 11) is 0. The van der Waals surface area contributed by atoms with Crippen molar-refractivity contribution in [1.82, 2.24) is 4.98 Å². The first-order valence-electron chi connectivity index (χ1n) is 9.99. The normalized spacial score (nSPS) is 12.2. The molecule has 0 bridgehead atoms. The van der Waals surface area contributed by atoms with Crippen LogP contribution in [0.3, 0.4) is 0 Å². The van der Waals surface area contributed by atoms with Crippen LogP contribution >= 0.6 is 15.9 Å². The van der Waals surface area contributed by atoms with Crippen molar-refractivity contribution < 1.29 is 19.1 Å². The van der Waals surface area contributed by atoms with Crippen molar-refractivity contribution in [2.24, 2.45) is 0 Å². The van der Waals surface area contributed by atoms with Crippen LogP contribution in [-0.4, -0.2) is 16.1 Å². The summed E-state index contributed by atoms with van der Waals surface area (Å²) in [6.45, 7) is 8.08. The first-order valence-corrected chi connectivity index (χ1v) is 10.8. The average Bonchev–Trinajstić information content (AvgIpc) is 3.14. The molecule has 1 N–H and O–H groups in total. The highest BCUT2D eigenvalue weighted by molar-refractivity contribution is 9.10. The lowest BCUT2D eigenvalue weighted by atomic mass is 10.0. The molecule has 30 heavy (non-hydrogen) atoms. The molecule has 3 aromatic rings. The number of carboxylic acid groups (broad SMARTS) is 1. The minimum absolute atomic E-state index is 0.117. The summed E-state index contributed by atoms with van der Waals surface area (Å²) in [5.74, 6) is 1.42. The van der Waals surface area contributed by atoms with Crippen LogP contribution in [0.4, 0.5) is 0 Å². The van der Waals surface area contributed by atoms with Crippen molar-refractivity contribution in [2.75, 3.05) is 0 Å². The van der Waals surface area contributed by atoms with E-state index in [1.54, 1.807) is 0 Å². The highest BCUT2D eigenvalue weighted by atomic mass is 79.9.